The van der Waals surface area contributed by atoms with E-state index in [1.165, 1.54) is 19.3 Å². The van der Waals surface area contributed by atoms with Gasteiger partial charge in [0.15, 0.2) is 5.96 Å². The maximum absolute atomic E-state index is 6.11. The van der Waals surface area contributed by atoms with Gasteiger partial charge in [0.2, 0.25) is 0 Å². The van der Waals surface area contributed by atoms with E-state index in [0.29, 0.717) is 18.2 Å². The molecule has 3 fully saturated rings. The molecule has 2 aliphatic heterocycles. The normalized spacial score (nSPS) is 32.9. The summed E-state index contributed by atoms with van der Waals surface area (Å²) in [4.78, 5) is 7.09. The van der Waals surface area contributed by atoms with Gasteiger partial charge in [0.1, 0.15) is 0 Å². The molecule has 3 atom stereocenters. The lowest BCUT2D eigenvalue weighted by molar-refractivity contribution is -0.0721. The second-order valence-electron chi connectivity index (χ2n) is 7.27. The van der Waals surface area contributed by atoms with E-state index in [4.69, 9.17) is 9.47 Å². The maximum atomic E-state index is 6.11. The molecule has 0 amide bonds. The summed E-state index contributed by atoms with van der Waals surface area (Å²) in [6.07, 6.45) is 7.85. The van der Waals surface area contributed by atoms with Gasteiger partial charge < -0.3 is 19.7 Å². The summed E-state index contributed by atoms with van der Waals surface area (Å²) in [7, 11) is 0. The van der Waals surface area contributed by atoms with Crippen LogP contribution >= 0.6 is 0 Å². The standard InChI is InChI=1S/C18H33N3O2/c1-3-19-18(20-17-12-14(17)2)21-9-7-15(8-10-21)23-13-16-6-4-5-11-22-16/h14-17H,3-13H2,1-2H3,(H,19,20). The Kier molecular flexibility index (Phi) is 6.17. The molecule has 2 heterocycles. The maximum Gasteiger partial charge on any atom is 0.194 e. The third-order valence-electron chi connectivity index (χ3n) is 5.27. The predicted octanol–water partition coefficient (Wildman–Crippen LogP) is 2.41. The first kappa shape index (κ1) is 17.0. The monoisotopic (exact) mass is 323 g/mol. The number of ether oxygens (including phenoxy) is 2. The van der Waals surface area contributed by atoms with Gasteiger partial charge in [0, 0.05) is 32.3 Å². The summed E-state index contributed by atoms with van der Waals surface area (Å²) in [5, 5.41) is 3.62. The number of hydrogen-bond donors (Lipinski definition) is 1. The van der Waals surface area contributed by atoms with Crippen LogP contribution in [0, 0.1) is 5.92 Å². The second kappa shape index (κ2) is 8.34. The SMILES string of the molecule is CCN=C(NC1CC1C)N1CCC(OCC2CCCCO2)CC1. The van der Waals surface area contributed by atoms with Gasteiger partial charge in [-0.3, -0.25) is 4.99 Å². The molecule has 0 aromatic rings. The average Bonchev–Trinajstić information content (AvgIpc) is 3.29. The summed E-state index contributed by atoms with van der Waals surface area (Å²) in [6.45, 7) is 9.03. The van der Waals surface area contributed by atoms with Crippen molar-refractivity contribution in [3.63, 3.8) is 0 Å². The quantitative estimate of drug-likeness (QED) is 0.623. The molecule has 0 bridgehead atoms. The number of hydrogen-bond acceptors (Lipinski definition) is 3. The fraction of sp³-hybridized carbons (Fsp3) is 0.944. The van der Waals surface area contributed by atoms with Crippen LogP contribution in [0.15, 0.2) is 4.99 Å². The van der Waals surface area contributed by atoms with E-state index in [-0.39, 0.29) is 0 Å². The highest BCUT2D eigenvalue weighted by molar-refractivity contribution is 5.80. The first-order valence-electron chi connectivity index (χ1n) is 9.55. The molecule has 132 valence electrons. The van der Waals surface area contributed by atoms with E-state index in [9.17, 15) is 0 Å². The zero-order chi connectivity index (χ0) is 16.1. The minimum absolute atomic E-state index is 0.331. The Morgan fingerprint density at radius 1 is 1.26 bits per heavy atom. The van der Waals surface area contributed by atoms with Crippen LogP contribution in [0.2, 0.25) is 0 Å². The van der Waals surface area contributed by atoms with Crippen molar-refractivity contribution in [1.82, 2.24) is 10.2 Å². The molecule has 5 heteroatoms. The molecule has 0 spiro atoms. The number of rotatable bonds is 5. The van der Waals surface area contributed by atoms with Crippen LogP contribution in [0.25, 0.3) is 0 Å². The second-order valence-corrected chi connectivity index (χ2v) is 7.27. The van der Waals surface area contributed by atoms with Crippen molar-refractivity contribution in [1.29, 1.82) is 0 Å². The van der Waals surface area contributed by atoms with Crippen LogP contribution in [-0.2, 0) is 9.47 Å². The molecular weight excluding hydrogens is 290 g/mol. The summed E-state index contributed by atoms with van der Waals surface area (Å²) in [5.41, 5.74) is 0. The van der Waals surface area contributed by atoms with Gasteiger partial charge in [0.25, 0.3) is 0 Å². The minimum atomic E-state index is 0.331. The molecule has 3 unspecified atom stereocenters. The first-order valence-corrected chi connectivity index (χ1v) is 9.55. The van der Waals surface area contributed by atoms with Gasteiger partial charge in [-0.2, -0.15) is 0 Å². The van der Waals surface area contributed by atoms with E-state index in [2.05, 4.69) is 29.1 Å². The van der Waals surface area contributed by atoms with E-state index in [1.807, 2.05) is 0 Å². The van der Waals surface area contributed by atoms with Gasteiger partial charge in [-0.15, -0.1) is 0 Å². The Morgan fingerprint density at radius 3 is 2.65 bits per heavy atom. The van der Waals surface area contributed by atoms with E-state index >= 15 is 0 Å². The Hall–Kier alpha value is -0.810. The Labute approximate surface area is 140 Å². The fourth-order valence-corrected chi connectivity index (χ4v) is 3.49. The smallest absolute Gasteiger partial charge is 0.194 e. The summed E-state index contributed by atoms with van der Waals surface area (Å²) in [5.74, 6) is 1.91. The molecule has 0 aromatic carbocycles. The van der Waals surface area contributed by atoms with E-state index in [1.54, 1.807) is 0 Å². The number of likely N-dealkylation sites (tertiary alicyclic amines) is 1. The third kappa shape index (κ3) is 5.08. The largest absolute Gasteiger partial charge is 0.376 e. The van der Waals surface area contributed by atoms with Crippen molar-refractivity contribution in [3.8, 4) is 0 Å². The highest BCUT2D eigenvalue weighted by Gasteiger charge is 2.34. The van der Waals surface area contributed by atoms with Crippen LogP contribution < -0.4 is 5.32 Å². The van der Waals surface area contributed by atoms with Crippen LogP contribution in [0.1, 0.15) is 52.4 Å². The lowest BCUT2D eigenvalue weighted by Gasteiger charge is -2.35. The Bertz CT molecular complexity index is 388. The van der Waals surface area contributed by atoms with Crippen molar-refractivity contribution >= 4 is 5.96 Å². The van der Waals surface area contributed by atoms with Crippen LogP contribution in [0.4, 0.5) is 0 Å². The zero-order valence-corrected chi connectivity index (χ0v) is 14.8. The van der Waals surface area contributed by atoms with Crippen LogP contribution in [0.5, 0.6) is 0 Å². The molecular formula is C18H33N3O2. The van der Waals surface area contributed by atoms with Crippen LogP contribution in [0.3, 0.4) is 0 Å². The molecule has 0 radical (unpaired) electrons. The van der Waals surface area contributed by atoms with Crippen LogP contribution in [-0.4, -0.2) is 62.0 Å². The van der Waals surface area contributed by atoms with Gasteiger partial charge in [0.05, 0.1) is 18.8 Å². The molecule has 5 nitrogen and oxygen atoms in total. The first-order chi connectivity index (χ1) is 11.3. The molecule has 1 saturated carbocycles. The topological polar surface area (TPSA) is 46.1 Å². The van der Waals surface area contributed by atoms with Crippen molar-refractivity contribution in [2.45, 2.75) is 70.6 Å². The lowest BCUT2D eigenvalue weighted by Crippen LogP contribution is -2.48. The van der Waals surface area contributed by atoms with Gasteiger partial charge >= 0.3 is 0 Å². The minimum Gasteiger partial charge on any atom is -0.376 e. The number of nitrogens with one attached hydrogen (secondary N) is 1. The predicted molar refractivity (Wildman–Crippen MR) is 92.8 cm³/mol. The van der Waals surface area contributed by atoms with Crippen molar-refractivity contribution in [2.75, 3.05) is 32.8 Å². The Balaban J connectivity index is 1.39. The lowest BCUT2D eigenvalue weighted by atomic mass is 10.1. The number of aliphatic imine (C=N–C) groups is 1. The average molecular weight is 323 g/mol. The number of guanidine groups is 1. The Morgan fingerprint density at radius 2 is 2.04 bits per heavy atom. The van der Waals surface area contributed by atoms with Crippen molar-refractivity contribution in [2.24, 2.45) is 10.9 Å². The summed E-state index contributed by atoms with van der Waals surface area (Å²) >= 11 is 0. The van der Waals surface area contributed by atoms with E-state index in [0.717, 1.165) is 64.0 Å². The van der Waals surface area contributed by atoms with Crippen molar-refractivity contribution in [3.05, 3.63) is 0 Å². The van der Waals surface area contributed by atoms with Gasteiger partial charge in [-0.1, -0.05) is 6.92 Å². The molecule has 23 heavy (non-hydrogen) atoms. The fourth-order valence-electron chi connectivity index (χ4n) is 3.49. The van der Waals surface area contributed by atoms with Gasteiger partial charge in [-0.25, -0.2) is 0 Å². The van der Waals surface area contributed by atoms with Crippen molar-refractivity contribution < 1.29 is 9.47 Å². The van der Waals surface area contributed by atoms with E-state index < -0.39 is 0 Å². The molecule has 1 aliphatic carbocycles. The molecule has 3 aliphatic rings. The highest BCUT2D eigenvalue weighted by Crippen LogP contribution is 2.29. The third-order valence-corrected chi connectivity index (χ3v) is 5.27. The summed E-state index contributed by atoms with van der Waals surface area (Å²) in [6, 6.07) is 0.637. The number of piperidine rings is 1. The number of nitrogens with zero attached hydrogens (tertiary/aromatic N) is 2. The molecule has 2 saturated heterocycles. The zero-order valence-electron chi connectivity index (χ0n) is 14.8. The summed E-state index contributed by atoms with van der Waals surface area (Å²) < 4.78 is 11.9. The highest BCUT2D eigenvalue weighted by atomic mass is 16.5. The molecule has 1 N–H and O–H groups in total. The van der Waals surface area contributed by atoms with Gasteiger partial charge in [-0.05, 0) is 51.4 Å². The molecule has 3 rings (SSSR count). The molecule has 0 aromatic heterocycles.